The van der Waals surface area contributed by atoms with Crippen LogP contribution in [0.5, 0.6) is 0 Å². The maximum absolute atomic E-state index is 13.1. The highest BCUT2D eigenvalue weighted by molar-refractivity contribution is 5.96. The second kappa shape index (κ2) is 8.12. The highest BCUT2D eigenvalue weighted by atomic mass is 16.8. The Hall–Kier alpha value is -2.24. The minimum absolute atomic E-state index is 0.0411. The highest BCUT2D eigenvalue weighted by Gasteiger charge is 2.43. The molecule has 1 saturated carbocycles. The number of benzene rings is 1. The minimum atomic E-state index is -0.805. The van der Waals surface area contributed by atoms with Crippen molar-refractivity contribution in [3.63, 3.8) is 0 Å². The van der Waals surface area contributed by atoms with Crippen LogP contribution in [0.3, 0.4) is 0 Å². The van der Waals surface area contributed by atoms with Crippen molar-refractivity contribution in [1.82, 2.24) is 0 Å². The van der Waals surface area contributed by atoms with Crippen molar-refractivity contribution in [2.45, 2.75) is 77.5 Å². The van der Waals surface area contributed by atoms with Gasteiger partial charge >= 0.3 is 5.97 Å². The second-order valence-corrected chi connectivity index (χ2v) is 9.08. The van der Waals surface area contributed by atoms with E-state index in [9.17, 15) is 9.59 Å². The number of carbonyl (C=O) groups excluding carboxylic acids is 2. The summed E-state index contributed by atoms with van der Waals surface area (Å²) in [5.41, 5.74) is 3.44. The second-order valence-electron chi connectivity index (χ2n) is 9.08. The quantitative estimate of drug-likeness (QED) is 0.581. The van der Waals surface area contributed by atoms with Gasteiger partial charge in [-0.15, -0.1) is 0 Å². The SMILES string of the molecule is Cc1cc(C)c2c(c1)/C=C/C[C@@H]1OC(C)(C)O[C@@H]1C(=O)/C=C\[C@@H]1CCC[C@H]1OC2=O. The van der Waals surface area contributed by atoms with E-state index in [-0.39, 0.29) is 29.9 Å². The van der Waals surface area contributed by atoms with E-state index >= 15 is 0 Å². The molecular weight excluding hydrogens is 380 g/mol. The molecule has 4 atom stereocenters. The fraction of sp³-hybridized carbons (Fsp3) is 0.520. The van der Waals surface area contributed by atoms with Crippen molar-refractivity contribution in [3.8, 4) is 0 Å². The van der Waals surface area contributed by atoms with Gasteiger partial charge in [0.15, 0.2) is 11.6 Å². The van der Waals surface area contributed by atoms with Gasteiger partial charge in [0.1, 0.15) is 12.2 Å². The van der Waals surface area contributed by atoms with Gasteiger partial charge < -0.3 is 14.2 Å². The van der Waals surface area contributed by atoms with E-state index in [2.05, 4.69) is 0 Å². The zero-order valence-electron chi connectivity index (χ0n) is 18.1. The van der Waals surface area contributed by atoms with Gasteiger partial charge in [-0.3, -0.25) is 4.79 Å². The van der Waals surface area contributed by atoms with E-state index in [1.165, 1.54) is 0 Å². The van der Waals surface area contributed by atoms with Crippen molar-refractivity contribution in [2.24, 2.45) is 5.92 Å². The molecule has 0 N–H and O–H groups in total. The Labute approximate surface area is 178 Å². The molecule has 0 bridgehead atoms. The summed E-state index contributed by atoms with van der Waals surface area (Å²) in [6.45, 7) is 7.62. The van der Waals surface area contributed by atoms with Gasteiger partial charge in [-0.25, -0.2) is 4.79 Å². The predicted octanol–water partition coefficient (Wildman–Crippen LogP) is 4.69. The zero-order chi connectivity index (χ0) is 21.5. The first kappa shape index (κ1) is 21.0. The Morgan fingerprint density at radius 3 is 2.60 bits per heavy atom. The van der Waals surface area contributed by atoms with E-state index in [0.717, 1.165) is 36.0 Å². The molecule has 5 nitrogen and oxygen atoms in total. The number of aryl methyl sites for hydroxylation is 2. The number of carbonyl (C=O) groups is 2. The topological polar surface area (TPSA) is 61.8 Å². The average Bonchev–Trinajstić information content (AvgIpc) is 3.21. The van der Waals surface area contributed by atoms with Gasteiger partial charge in [0.05, 0.1) is 11.7 Å². The molecule has 1 aromatic rings. The highest BCUT2D eigenvalue weighted by Crippen LogP contribution is 2.34. The molecule has 2 heterocycles. The monoisotopic (exact) mass is 410 g/mol. The van der Waals surface area contributed by atoms with E-state index in [0.29, 0.717) is 12.0 Å². The third-order valence-electron chi connectivity index (χ3n) is 6.11. The summed E-state index contributed by atoms with van der Waals surface area (Å²) in [5, 5.41) is 0. The lowest BCUT2D eigenvalue weighted by Crippen LogP contribution is -2.30. The Morgan fingerprint density at radius 1 is 1.00 bits per heavy atom. The van der Waals surface area contributed by atoms with Crippen LogP contribution in [0.2, 0.25) is 0 Å². The first-order valence-electron chi connectivity index (χ1n) is 10.8. The number of esters is 1. The number of hydrogen-bond donors (Lipinski definition) is 0. The molecule has 4 rings (SSSR count). The summed E-state index contributed by atoms with van der Waals surface area (Å²) >= 11 is 0. The van der Waals surface area contributed by atoms with Gasteiger partial charge in [-0.05, 0) is 70.6 Å². The molecule has 1 saturated heterocycles. The van der Waals surface area contributed by atoms with Crippen LogP contribution in [-0.2, 0) is 19.0 Å². The predicted molar refractivity (Wildman–Crippen MR) is 114 cm³/mol. The van der Waals surface area contributed by atoms with Crippen LogP contribution in [-0.4, -0.2) is 35.9 Å². The maximum atomic E-state index is 13.1. The molecule has 1 aliphatic carbocycles. The lowest BCUT2D eigenvalue weighted by Gasteiger charge is -2.20. The fourth-order valence-electron chi connectivity index (χ4n) is 4.82. The molecule has 3 aliphatic rings. The van der Waals surface area contributed by atoms with Crippen LogP contribution in [0.4, 0.5) is 0 Å². The Kier molecular flexibility index (Phi) is 5.69. The number of rotatable bonds is 0. The van der Waals surface area contributed by atoms with Crippen LogP contribution in [0.1, 0.15) is 66.6 Å². The summed E-state index contributed by atoms with van der Waals surface area (Å²) in [6, 6.07) is 4.00. The van der Waals surface area contributed by atoms with Crippen LogP contribution < -0.4 is 0 Å². The van der Waals surface area contributed by atoms with Crippen molar-refractivity contribution in [1.29, 1.82) is 0 Å². The van der Waals surface area contributed by atoms with Crippen molar-refractivity contribution < 1.29 is 23.8 Å². The molecule has 0 aromatic heterocycles. The van der Waals surface area contributed by atoms with Gasteiger partial charge in [0.2, 0.25) is 0 Å². The van der Waals surface area contributed by atoms with Crippen LogP contribution in [0.15, 0.2) is 30.4 Å². The third kappa shape index (κ3) is 4.28. The molecular formula is C25H30O5. The Bertz CT molecular complexity index is 910. The van der Waals surface area contributed by atoms with E-state index < -0.39 is 11.9 Å². The first-order chi connectivity index (χ1) is 14.2. The summed E-state index contributed by atoms with van der Waals surface area (Å²) < 4.78 is 17.9. The van der Waals surface area contributed by atoms with Gasteiger partial charge in [0.25, 0.3) is 0 Å². The smallest absolute Gasteiger partial charge is 0.339 e. The summed E-state index contributed by atoms with van der Waals surface area (Å²) in [7, 11) is 0. The van der Waals surface area contributed by atoms with E-state index in [4.69, 9.17) is 14.2 Å². The number of ketones is 1. The molecule has 30 heavy (non-hydrogen) atoms. The van der Waals surface area contributed by atoms with Gasteiger partial charge in [0, 0.05) is 5.92 Å². The van der Waals surface area contributed by atoms with Crippen molar-refractivity contribution in [2.75, 3.05) is 0 Å². The molecule has 5 heteroatoms. The third-order valence-corrected chi connectivity index (χ3v) is 6.11. The lowest BCUT2D eigenvalue weighted by atomic mass is 9.96. The zero-order valence-corrected chi connectivity index (χ0v) is 18.1. The molecule has 2 aliphatic heterocycles. The number of ether oxygens (including phenoxy) is 3. The fourth-order valence-corrected chi connectivity index (χ4v) is 4.82. The summed E-state index contributed by atoms with van der Waals surface area (Å²) in [6.07, 6.45) is 9.36. The van der Waals surface area contributed by atoms with Crippen molar-refractivity contribution in [3.05, 3.63) is 52.6 Å². The van der Waals surface area contributed by atoms with Gasteiger partial charge in [-0.2, -0.15) is 0 Å². The minimum Gasteiger partial charge on any atom is -0.458 e. The van der Waals surface area contributed by atoms with Crippen LogP contribution in [0.25, 0.3) is 6.08 Å². The number of hydrogen-bond acceptors (Lipinski definition) is 5. The van der Waals surface area contributed by atoms with E-state index in [1.807, 2.05) is 58.1 Å². The summed E-state index contributed by atoms with van der Waals surface area (Å²) in [4.78, 5) is 26.0. The molecule has 1 aromatic carbocycles. The molecule has 0 radical (unpaired) electrons. The van der Waals surface area contributed by atoms with Crippen LogP contribution >= 0.6 is 0 Å². The largest absolute Gasteiger partial charge is 0.458 e. The average molecular weight is 411 g/mol. The molecule has 0 amide bonds. The van der Waals surface area contributed by atoms with Gasteiger partial charge in [-0.1, -0.05) is 35.9 Å². The number of fused-ring (bicyclic) bond motifs is 3. The Balaban J connectivity index is 1.74. The normalized spacial score (nSPS) is 33.1. The molecule has 0 spiro atoms. The standard InChI is InChI=1S/C25H30O5/c1-15-13-16(2)22-18(14-15)8-6-10-21-23(30-25(3,4)29-21)19(26)12-11-17-7-5-9-20(17)28-24(22)27/h6,8,11-14,17,20-21,23H,5,7,9-10H2,1-4H3/b8-6+,12-11-/t17-,20+,21-,23+/m0/s1. The van der Waals surface area contributed by atoms with Crippen molar-refractivity contribution >= 4 is 17.8 Å². The molecule has 2 fully saturated rings. The molecule has 0 unspecified atom stereocenters. The molecule has 160 valence electrons. The first-order valence-corrected chi connectivity index (χ1v) is 10.8. The Morgan fingerprint density at radius 2 is 1.80 bits per heavy atom. The maximum Gasteiger partial charge on any atom is 0.339 e. The lowest BCUT2D eigenvalue weighted by molar-refractivity contribution is -0.152. The van der Waals surface area contributed by atoms with Crippen LogP contribution in [0, 0.1) is 19.8 Å². The van der Waals surface area contributed by atoms with E-state index in [1.54, 1.807) is 6.08 Å². The summed E-state index contributed by atoms with van der Waals surface area (Å²) in [5.74, 6) is -1.15.